The fourth-order valence-electron chi connectivity index (χ4n) is 5.50. The highest BCUT2D eigenvalue weighted by Crippen LogP contribution is 2.59. The van der Waals surface area contributed by atoms with Gasteiger partial charge in [0.2, 0.25) is 0 Å². The fraction of sp³-hybridized carbons (Fsp3) is 0.632. The lowest BCUT2D eigenvalue weighted by Crippen LogP contribution is -2.42. The number of ketones is 1. The molecule has 22 heavy (non-hydrogen) atoms. The van der Waals surface area contributed by atoms with Crippen LogP contribution < -0.4 is 4.74 Å². The van der Waals surface area contributed by atoms with E-state index in [0.29, 0.717) is 29.3 Å². The number of fused-ring (bicyclic) bond motifs is 5. The Balaban J connectivity index is 1.74. The average Bonchev–Trinajstić information content (AvgIpc) is 2.82. The minimum atomic E-state index is -0.253. The number of methoxy groups -OCH3 is 1. The summed E-state index contributed by atoms with van der Waals surface area (Å²) >= 11 is 0. The maximum atomic E-state index is 14.0. The normalized spacial score (nSPS) is 36.5. The highest BCUT2D eigenvalue weighted by molar-refractivity contribution is 5.87. The Kier molecular flexibility index (Phi) is 3.11. The second-order valence-electron chi connectivity index (χ2n) is 7.52. The number of ether oxygens (including phenoxy) is 1. The lowest BCUT2D eigenvalue weighted by atomic mass is 9.55. The number of benzene rings is 1. The van der Waals surface area contributed by atoms with Crippen molar-refractivity contribution in [2.45, 2.75) is 51.4 Å². The molecule has 0 aliphatic heterocycles. The van der Waals surface area contributed by atoms with Crippen molar-refractivity contribution >= 4 is 5.78 Å². The van der Waals surface area contributed by atoms with Gasteiger partial charge in [-0.25, -0.2) is 4.39 Å². The molecule has 0 N–H and O–H groups in total. The topological polar surface area (TPSA) is 26.3 Å². The first-order valence-electron chi connectivity index (χ1n) is 8.44. The number of rotatable bonds is 1. The highest BCUT2D eigenvalue weighted by atomic mass is 19.1. The molecular formula is C19H23FO2. The molecular weight excluding hydrogens is 279 g/mol. The van der Waals surface area contributed by atoms with Gasteiger partial charge in [-0.05, 0) is 73.1 Å². The molecule has 3 aliphatic carbocycles. The van der Waals surface area contributed by atoms with E-state index < -0.39 is 0 Å². The van der Waals surface area contributed by atoms with E-state index in [1.807, 2.05) is 6.07 Å². The number of hydrogen-bond acceptors (Lipinski definition) is 2. The van der Waals surface area contributed by atoms with Crippen molar-refractivity contribution in [3.05, 3.63) is 29.1 Å². The van der Waals surface area contributed by atoms with E-state index in [1.54, 1.807) is 6.07 Å². The summed E-state index contributed by atoms with van der Waals surface area (Å²) in [5.41, 5.74) is 2.33. The first kappa shape index (κ1) is 14.2. The molecule has 1 aromatic rings. The molecule has 2 saturated carbocycles. The third kappa shape index (κ3) is 1.80. The Morgan fingerprint density at radius 2 is 2.05 bits per heavy atom. The summed E-state index contributed by atoms with van der Waals surface area (Å²) in [7, 11) is 1.53. The van der Waals surface area contributed by atoms with E-state index >= 15 is 0 Å². The lowest BCUT2D eigenvalue weighted by Gasteiger charge is -2.48. The van der Waals surface area contributed by atoms with Gasteiger partial charge in [0.1, 0.15) is 5.78 Å². The molecule has 0 aromatic heterocycles. The molecule has 2 nitrogen and oxygen atoms in total. The van der Waals surface area contributed by atoms with Crippen LogP contribution in [0.1, 0.15) is 56.1 Å². The van der Waals surface area contributed by atoms with Crippen molar-refractivity contribution in [2.75, 3.05) is 7.11 Å². The van der Waals surface area contributed by atoms with Crippen LogP contribution in [-0.4, -0.2) is 12.9 Å². The Bertz CT molecular complexity index is 639. The zero-order valence-electron chi connectivity index (χ0n) is 13.3. The Labute approximate surface area is 131 Å². The van der Waals surface area contributed by atoms with Gasteiger partial charge in [-0.2, -0.15) is 0 Å². The van der Waals surface area contributed by atoms with E-state index in [2.05, 4.69) is 6.92 Å². The molecule has 0 bridgehead atoms. The number of aryl methyl sites for hydroxylation is 1. The largest absolute Gasteiger partial charge is 0.494 e. The van der Waals surface area contributed by atoms with Gasteiger partial charge in [-0.3, -0.25) is 4.79 Å². The molecule has 0 spiro atoms. The van der Waals surface area contributed by atoms with Crippen LogP contribution in [0.3, 0.4) is 0 Å². The fourth-order valence-corrected chi connectivity index (χ4v) is 5.50. The molecule has 4 atom stereocenters. The first-order valence-corrected chi connectivity index (χ1v) is 8.44. The van der Waals surface area contributed by atoms with Crippen LogP contribution >= 0.6 is 0 Å². The molecule has 0 unspecified atom stereocenters. The zero-order chi connectivity index (χ0) is 15.5. The monoisotopic (exact) mass is 302 g/mol. The lowest BCUT2D eigenvalue weighted by molar-refractivity contribution is -0.129. The molecule has 3 heteroatoms. The highest BCUT2D eigenvalue weighted by Gasteiger charge is 2.54. The molecule has 1 aromatic carbocycles. The molecule has 2 fully saturated rings. The van der Waals surface area contributed by atoms with E-state index in [9.17, 15) is 9.18 Å². The van der Waals surface area contributed by atoms with Gasteiger partial charge in [0, 0.05) is 11.8 Å². The van der Waals surface area contributed by atoms with Crippen molar-refractivity contribution < 1.29 is 13.9 Å². The maximum absolute atomic E-state index is 14.0. The van der Waals surface area contributed by atoms with Crippen molar-refractivity contribution in [1.82, 2.24) is 0 Å². The molecule has 0 heterocycles. The predicted molar refractivity (Wildman–Crippen MR) is 82.6 cm³/mol. The standard InChI is InChI=1S/C19H23FO2/c1-19-8-7-12-13(15(19)5-6-18(19)21)4-3-11-9-16(20)17(22-2)10-14(11)12/h9-10,12-13,15H,3-8H2,1-2H3/t12-,13+,15-,19-/m0/s1. The van der Waals surface area contributed by atoms with Gasteiger partial charge >= 0.3 is 0 Å². The summed E-state index contributed by atoms with van der Waals surface area (Å²) in [4.78, 5) is 12.3. The van der Waals surface area contributed by atoms with E-state index in [4.69, 9.17) is 4.74 Å². The Morgan fingerprint density at radius 3 is 2.82 bits per heavy atom. The zero-order valence-corrected chi connectivity index (χ0v) is 13.3. The third-order valence-corrected chi connectivity index (χ3v) is 6.71. The van der Waals surface area contributed by atoms with Crippen molar-refractivity contribution in [3.63, 3.8) is 0 Å². The summed E-state index contributed by atoms with van der Waals surface area (Å²) in [6, 6.07) is 3.58. The molecule has 3 aliphatic rings. The van der Waals surface area contributed by atoms with Crippen molar-refractivity contribution in [1.29, 1.82) is 0 Å². The number of halogens is 1. The van der Waals surface area contributed by atoms with Crippen LogP contribution in [0, 0.1) is 23.1 Å². The Morgan fingerprint density at radius 1 is 1.23 bits per heavy atom. The van der Waals surface area contributed by atoms with Gasteiger partial charge in [0.15, 0.2) is 11.6 Å². The van der Waals surface area contributed by atoms with Crippen LogP contribution in [0.2, 0.25) is 0 Å². The average molecular weight is 302 g/mol. The van der Waals surface area contributed by atoms with Crippen LogP contribution in [0.4, 0.5) is 4.39 Å². The molecule has 4 rings (SSSR count). The van der Waals surface area contributed by atoms with E-state index in [-0.39, 0.29) is 11.2 Å². The SMILES string of the molecule is COc1cc2c(cc1F)CC[C@@H]1[C@@H]2CC[C@]2(C)C(=O)CC[C@@H]12. The quantitative estimate of drug-likeness (QED) is 0.775. The second-order valence-corrected chi connectivity index (χ2v) is 7.52. The van der Waals surface area contributed by atoms with E-state index in [0.717, 1.165) is 44.1 Å². The number of carbonyl (C=O) groups is 1. The summed E-state index contributed by atoms with van der Waals surface area (Å²) < 4.78 is 19.1. The Hall–Kier alpha value is -1.38. The third-order valence-electron chi connectivity index (χ3n) is 6.71. The first-order chi connectivity index (χ1) is 10.5. The molecule has 0 amide bonds. The molecule has 0 saturated heterocycles. The summed E-state index contributed by atoms with van der Waals surface area (Å²) in [5, 5.41) is 0. The predicted octanol–water partition coefficient (Wildman–Crippen LogP) is 4.26. The van der Waals surface area contributed by atoms with Crippen LogP contribution in [0.5, 0.6) is 5.75 Å². The maximum Gasteiger partial charge on any atom is 0.165 e. The second kappa shape index (κ2) is 4.81. The van der Waals surface area contributed by atoms with Gasteiger partial charge in [-0.1, -0.05) is 6.92 Å². The van der Waals surface area contributed by atoms with Crippen LogP contribution in [0.15, 0.2) is 12.1 Å². The number of hydrogen-bond donors (Lipinski definition) is 0. The van der Waals surface area contributed by atoms with Gasteiger partial charge < -0.3 is 4.74 Å². The summed E-state index contributed by atoms with van der Waals surface area (Å²) in [5.74, 6) is 2.14. The van der Waals surface area contributed by atoms with Crippen molar-refractivity contribution in [3.8, 4) is 5.75 Å². The smallest absolute Gasteiger partial charge is 0.165 e. The van der Waals surface area contributed by atoms with E-state index in [1.165, 1.54) is 12.7 Å². The number of Topliss-reactive ketones (excluding diaryl/α,β-unsaturated/α-hetero) is 1. The van der Waals surface area contributed by atoms with Crippen LogP contribution in [-0.2, 0) is 11.2 Å². The van der Waals surface area contributed by atoms with Gasteiger partial charge in [-0.15, -0.1) is 0 Å². The summed E-state index contributed by atoms with van der Waals surface area (Å²) in [6.45, 7) is 2.18. The summed E-state index contributed by atoms with van der Waals surface area (Å²) in [6.07, 6.45) is 5.85. The number of carbonyl (C=O) groups excluding carboxylic acids is 1. The van der Waals surface area contributed by atoms with Gasteiger partial charge in [0.05, 0.1) is 7.11 Å². The van der Waals surface area contributed by atoms with Crippen molar-refractivity contribution in [2.24, 2.45) is 17.3 Å². The minimum absolute atomic E-state index is 0.0945. The van der Waals surface area contributed by atoms with Crippen LogP contribution in [0.25, 0.3) is 0 Å². The molecule has 118 valence electrons. The molecule has 0 radical (unpaired) electrons. The minimum Gasteiger partial charge on any atom is -0.494 e. The van der Waals surface area contributed by atoms with Gasteiger partial charge in [0.25, 0.3) is 0 Å².